The monoisotopic (exact) mass is 390 g/mol. The quantitative estimate of drug-likeness (QED) is 0.694. The van der Waals surface area contributed by atoms with E-state index < -0.39 is 9.84 Å². The van der Waals surface area contributed by atoms with Gasteiger partial charge in [-0.1, -0.05) is 30.2 Å². The van der Waals surface area contributed by atoms with Crippen molar-refractivity contribution < 1.29 is 13.2 Å². The fourth-order valence-electron chi connectivity index (χ4n) is 2.51. The average molecular weight is 390 g/mol. The summed E-state index contributed by atoms with van der Waals surface area (Å²) in [6, 6.07) is 19.3. The topological polar surface area (TPSA) is 76.1 Å². The molecule has 0 bridgehead atoms. The van der Waals surface area contributed by atoms with Gasteiger partial charge < -0.3 is 5.32 Å². The van der Waals surface area contributed by atoms with Crippen LogP contribution in [0.4, 0.5) is 5.69 Å². The van der Waals surface area contributed by atoms with E-state index in [-0.39, 0.29) is 11.7 Å². The zero-order chi connectivity index (χ0) is 20.0. The Morgan fingerprint density at radius 3 is 2.46 bits per heavy atom. The Labute approximate surface area is 164 Å². The molecule has 28 heavy (non-hydrogen) atoms. The number of amides is 1. The molecule has 0 aliphatic heterocycles. The van der Waals surface area contributed by atoms with Gasteiger partial charge in [-0.05, 0) is 53.9 Å². The lowest BCUT2D eigenvalue weighted by Gasteiger charge is -2.06. The first-order chi connectivity index (χ1) is 13.4. The van der Waals surface area contributed by atoms with Crippen molar-refractivity contribution in [2.45, 2.75) is 5.75 Å². The summed E-state index contributed by atoms with van der Waals surface area (Å²) in [5.74, 6) is 5.67. The Balaban J connectivity index is 1.70. The molecule has 0 fully saturated rings. The molecule has 0 saturated heterocycles. The van der Waals surface area contributed by atoms with Crippen molar-refractivity contribution in [3.05, 3.63) is 95.3 Å². The minimum absolute atomic E-state index is 0.0497. The van der Waals surface area contributed by atoms with Crippen LogP contribution < -0.4 is 5.32 Å². The van der Waals surface area contributed by atoms with E-state index in [0.717, 1.165) is 5.56 Å². The Hall–Kier alpha value is -3.43. The number of aromatic nitrogens is 1. The second-order valence-electron chi connectivity index (χ2n) is 6.27. The van der Waals surface area contributed by atoms with Crippen LogP contribution >= 0.6 is 0 Å². The van der Waals surface area contributed by atoms with E-state index in [0.29, 0.717) is 22.5 Å². The van der Waals surface area contributed by atoms with Crippen molar-refractivity contribution in [3.8, 4) is 11.8 Å². The SMILES string of the molecule is CS(=O)(=O)Cc1ccc(C(=O)Nc2cccc(C#Cc3ccccn3)c2)cc1. The highest BCUT2D eigenvalue weighted by atomic mass is 32.2. The molecular formula is C22H18N2O3S. The van der Waals surface area contributed by atoms with Gasteiger partial charge in [0.25, 0.3) is 5.91 Å². The van der Waals surface area contributed by atoms with Gasteiger partial charge in [0.1, 0.15) is 5.69 Å². The van der Waals surface area contributed by atoms with Crippen LogP contribution in [0.2, 0.25) is 0 Å². The zero-order valence-electron chi connectivity index (χ0n) is 15.2. The first-order valence-electron chi connectivity index (χ1n) is 8.50. The van der Waals surface area contributed by atoms with E-state index in [2.05, 4.69) is 22.1 Å². The number of carbonyl (C=O) groups is 1. The van der Waals surface area contributed by atoms with Crippen molar-refractivity contribution in [2.24, 2.45) is 0 Å². The number of sulfone groups is 1. The van der Waals surface area contributed by atoms with E-state index in [1.54, 1.807) is 42.6 Å². The molecule has 0 saturated carbocycles. The molecule has 140 valence electrons. The number of nitrogens with one attached hydrogen (secondary N) is 1. The minimum atomic E-state index is -3.11. The number of anilines is 1. The highest BCUT2D eigenvalue weighted by Crippen LogP contribution is 2.13. The maximum atomic E-state index is 12.4. The van der Waals surface area contributed by atoms with Gasteiger partial charge in [-0.25, -0.2) is 13.4 Å². The molecule has 0 atom stereocenters. The third-order valence-corrected chi connectivity index (χ3v) is 4.62. The number of rotatable bonds is 4. The van der Waals surface area contributed by atoms with Crippen molar-refractivity contribution in [1.82, 2.24) is 4.98 Å². The largest absolute Gasteiger partial charge is 0.322 e. The van der Waals surface area contributed by atoms with E-state index in [4.69, 9.17) is 0 Å². The van der Waals surface area contributed by atoms with Crippen molar-refractivity contribution in [1.29, 1.82) is 0 Å². The van der Waals surface area contributed by atoms with Gasteiger partial charge in [-0.15, -0.1) is 0 Å². The van der Waals surface area contributed by atoms with Crippen LogP contribution in [-0.4, -0.2) is 25.6 Å². The lowest BCUT2D eigenvalue weighted by Crippen LogP contribution is -2.12. The van der Waals surface area contributed by atoms with Crippen molar-refractivity contribution in [2.75, 3.05) is 11.6 Å². The van der Waals surface area contributed by atoms with Crippen LogP contribution in [0.5, 0.6) is 0 Å². The summed E-state index contributed by atoms with van der Waals surface area (Å²) in [7, 11) is -3.11. The summed E-state index contributed by atoms with van der Waals surface area (Å²) < 4.78 is 22.7. The summed E-state index contributed by atoms with van der Waals surface area (Å²) in [6.07, 6.45) is 2.86. The number of pyridine rings is 1. The molecule has 0 spiro atoms. The summed E-state index contributed by atoms with van der Waals surface area (Å²) >= 11 is 0. The second-order valence-corrected chi connectivity index (χ2v) is 8.41. The van der Waals surface area contributed by atoms with Crippen LogP contribution in [0.3, 0.4) is 0 Å². The smallest absolute Gasteiger partial charge is 0.255 e. The molecule has 0 aliphatic rings. The van der Waals surface area contributed by atoms with Crippen LogP contribution in [0, 0.1) is 11.8 Å². The predicted molar refractivity (Wildman–Crippen MR) is 110 cm³/mol. The maximum absolute atomic E-state index is 12.4. The first-order valence-corrected chi connectivity index (χ1v) is 10.6. The molecule has 6 heteroatoms. The van der Waals surface area contributed by atoms with Crippen molar-refractivity contribution in [3.63, 3.8) is 0 Å². The number of carbonyl (C=O) groups excluding carboxylic acids is 1. The number of hydrogen-bond acceptors (Lipinski definition) is 4. The first kappa shape index (κ1) is 19.3. The highest BCUT2D eigenvalue weighted by Gasteiger charge is 2.08. The van der Waals surface area contributed by atoms with Gasteiger partial charge in [0.05, 0.1) is 5.75 Å². The average Bonchev–Trinajstić information content (AvgIpc) is 2.67. The second kappa shape index (κ2) is 8.51. The lowest BCUT2D eigenvalue weighted by molar-refractivity contribution is 0.102. The van der Waals surface area contributed by atoms with E-state index in [9.17, 15) is 13.2 Å². The summed E-state index contributed by atoms with van der Waals surface area (Å²) in [5.41, 5.74) is 3.14. The fourth-order valence-corrected chi connectivity index (χ4v) is 3.30. The minimum Gasteiger partial charge on any atom is -0.322 e. The standard InChI is InChI=1S/C22H18N2O3S/c1-28(26,27)16-18-8-11-19(12-9-18)22(25)24-21-7-4-5-17(15-21)10-13-20-6-2-3-14-23-20/h2-9,11-12,14-15H,16H2,1H3,(H,24,25). The number of benzene rings is 2. The van der Waals surface area contributed by atoms with Crippen LogP contribution in [0.25, 0.3) is 0 Å². The van der Waals surface area contributed by atoms with Gasteiger partial charge in [-0.3, -0.25) is 4.79 Å². The maximum Gasteiger partial charge on any atom is 0.255 e. The Kier molecular flexibility index (Phi) is 5.87. The Bertz CT molecular complexity index is 1140. The molecule has 1 amide bonds. The molecule has 0 unspecified atom stereocenters. The molecule has 0 aliphatic carbocycles. The molecular weight excluding hydrogens is 372 g/mol. The third kappa shape index (κ3) is 5.79. The fraction of sp³-hybridized carbons (Fsp3) is 0.0909. The van der Waals surface area contributed by atoms with Crippen LogP contribution in [0.1, 0.15) is 27.2 Å². The van der Waals surface area contributed by atoms with Crippen molar-refractivity contribution >= 4 is 21.4 Å². The summed E-state index contributed by atoms with van der Waals surface area (Å²) in [6.45, 7) is 0. The van der Waals surface area contributed by atoms with E-state index in [1.165, 1.54) is 6.26 Å². The van der Waals surface area contributed by atoms with E-state index >= 15 is 0 Å². The molecule has 3 rings (SSSR count). The molecule has 2 aromatic carbocycles. The highest BCUT2D eigenvalue weighted by molar-refractivity contribution is 7.89. The molecule has 0 radical (unpaired) electrons. The van der Waals surface area contributed by atoms with Gasteiger partial charge in [0.2, 0.25) is 0 Å². The molecule has 3 aromatic rings. The van der Waals surface area contributed by atoms with Gasteiger partial charge >= 0.3 is 0 Å². The molecule has 1 N–H and O–H groups in total. The molecule has 1 heterocycles. The number of hydrogen-bond donors (Lipinski definition) is 1. The Morgan fingerprint density at radius 2 is 1.79 bits per heavy atom. The zero-order valence-corrected chi connectivity index (χ0v) is 16.0. The number of nitrogens with zero attached hydrogens (tertiary/aromatic N) is 1. The Morgan fingerprint density at radius 1 is 1.00 bits per heavy atom. The normalized spacial score (nSPS) is 10.6. The molecule has 5 nitrogen and oxygen atoms in total. The van der Waals surface area contributed by atoms with Gasteiger partial charge in [0, 0.05) is 29.3 Å². The van der Waals surface area contributed by atoms with Gasteiger partial charge in [0.15, 0.2) is 9.84 Å². The third-order valence-electron chi connectivity index (χ3n) is 3.77. The molecule has 1 aromatic heterocycles. The van der Waals surface area contributed by atoms with E-state index in [1.807, 2.05) is 30.3 Å². The lowest BCUT2D eigenvalue weighted by atomic mass is 10.1. The van der Waals surface area contributed by atoms with Crippen LogP contribution in [-0.2, 0) is 15.6 Å². The van der Waals surface area contributed by atoms with Gasteiger partial charge in [-0.2, -0.15) is 0 Å². The summed E-state index contributed by atoms with van der Waals surface area (Å²) in [4.78, 5) is 16.6. The summed E-state index contributed by atoms with van der Waals surface area (Å²) in [5, 5.41) is 2.82. The predicted octanol–water partition coefficient (Wildman–Crippen LogP) is 3.28. The van der Waals surface area contributed by atoms with Crippen LogP contribution in [0.15, 0.2) is 72.9 Å².